The van der Waals surface area contributed by atoms with Crippen molar-refractivity contribution in [3.8, 4) is 0 Å². The van der Waals surface area contributed by atoms with E-state index >= 15 is 0 Å². The SMILES string of the molecule is COC(CN1CC2=C(C1=O)[C@H](c1ccccc1)NC(=O)N2)OC. The van der Waals surface area contributed by atoms with Gasteiger partial charge in [0.05, 0.1) is 30.4 Å². The van der Waals surface area contributed by atoms with Gasteiger partial charge in [0, 0.05) is 14.2 Å². The van der Waals surface area contributed by atoms with E-state index in [4.69, 9.17) is 9.47 Å². The number of benzene rings is 1. The molecule has 0 aromatic heterocycles. The van der Waals surface area contributed by atoms with Crippen LogP contribution < -0.4 is 10.6 Å². The van der Waals surface area contributed by atoms with Gasteiger partial charge in [-0.1, -0.05) is 30.3 Å². The van der Waals surface area contributed by atoms with Crippen molar-refractivity contribution in [1.82, 2.24) is 15.5 Å². The summed E-state index contributed by atoms with van der Waals surface area (Å²) in [6.07, 6.45) is -0.501. The molecule has 1 atom stereocenters. The van der Waals surface area contributed by atoms with Crippen LogP contribution in [0, 0.1) is 0 Å². The van der Waals surface area contributed by atoms with Crippen molar-refractivity contribution in [2.45, 2.75) is 12.3 Å². The Bertz CT molecular complexity index is 640. The zero-order valence-electron chi connectivity index (χ0n) is 13.0. The van der Waals surface area contributed by atoms with Gasteiger partial charge in [0.1, 0.15) is 0 Å². The first-order valence-electron chi connectivity index (χ1n) is 7.34. The summed E-state index contributed by atoms with van der Waals surface area (Å²) in [7, 11) is 3.05. The van der Waals surface area contributed by atoms with Gasteiger partial charge in [0.25, 0.3) is 5.91 Å². The molecule has 0 aliphatic carbocycles. The maximum Gasteiger partial charge on any atom is 0.319 e. The topological polar surface area (TPSA) is 79.9 Å². The van der Waals surface area contributed by atoms with Gasteiger partial charge in [0.15, 0.2) is 6.29 Å². The summed E-state index contributed by atoms with van der Waals surface area (Å²) in [6, 6.07) is 8.70. The Morgan fingerprint density at radius 1 is 1.22 bits per heavy atom. The van der Waals surface area contributed by atoms with Crippen LogP contribution in [0.5, 0.6) is 0 Å². The molecule has 3 amide bonds. The molecule has 0 bridgehead atoms. The molecule has 0 saturated carbocycles. The molecule has 122 valence electrons. The van der Waals surface area contributed by atoms with Gasteiger partial charge in [-0.15, -0.1) is 0 Å². The molecule has 0 radical (unpaired) electrons. The Labute approximate surface area is 134 Å². The van der Waals surface area contributed by atoms with Crippen LogP contribution in [-0.4, -0.2) is 50.4 Å². The van der Waals surface area contributed by atoms with Crippen LogP contribution in [-0.2, 0) is 14.3 Å². The third-order valence-electron chi connectivity index (χ3n) is 4.05. The lowest BCUT2D eigenvalue weighted by Crippen LogP contribution is -2.44. The van der Waals surface area contributed by atoms with Crippen molar-refractivity contribution in [3.63, 3.8) is 0 Å². The lowest BCUT2D eigenvalue weighted by molar-refractivity contribution is -0.140. The van der Waals surface area contributed by atoms with Crippen molar-refractivity contribution >= 4 is 11.9 Å². The van der Waals surface area contributed by atoms with E-state index in [0.717, 1.165) is 5.56 Å². The Morgan fingerprint density at radius 3 is 2.57 bits per heavy atom. The van der Waals surface area contributed by atoms with Gasteiger partial charge in [-0.3, -0.25) is 4.79 Å². The lowest BCUT2D eigenvalue weighted by atomic mass is 9.96. The van der Waals surface area contributed by atoms with Gasteiger partial charge >= 0.3 is 6.03 Å². The van der Waals surface area contributed by atoms with E-state index in [1.54, 1.807) is 4.90 Å². The Hall–Kier alpha value is -2.38. The van der Waals surface area contributed by atoms with Crippen LogP contribution in [0.3, 0.4) is 0 Å². The van der Waals surface area contributed by atoms with Crippen LogP contribution in [0.15, 0.2) is 41.6 Å². The highest BCUT2D eigenvalue weighted by Crippen LogP contribution is 2.32. The fraction of sp³-hybridized carbons (Fsp3) is 0.375. The summed E-state index contributed by atoms with van der Waals surface area (Å²) >= 11 is 0. The van der Waals surface area contributed by atoms with Crippen molar-refractivity contribution in [3.05, 3.63) is 47.2 Å². The maximum absolute atomic E-state index is 12.8. The number of methoxy groups -OCH3 is 2. The van der Waals surface area contributed by atoms with Gasteiger partial charge in [-0.2, -0.15) is 0 Å². The van der Waals surface area contributed by atoms with Crippen molar-refractivity contribution in [2.24, 2.45) is 0 Å². The van der Waals surface area contributed by atoms with E-state index in [2.05, 4.69) is 10.6 Å². The molecule has 2 aliphatic heterocycles. The molecule has 2 aliphatic rings. The summed E-state index contributed by atoms with van der Waals surface area (Å²) in [5.74, 6) is -0.125. The molecule has 7 nitrogen and oxygen atoms in total. The second kappa shape index (κ2) is 6.39. The highest BCUT2D eigenvalue weighted by molar-refractivity contribution is 6.01. The first-order valence-corrected chi connectivity index (χ1v) is 7.34. The van der Waals surface area contributed by atoms with Crippen LogP contribution >= 0.6 is 0 Å². The minimum absolute atomic E-state index is 0.125. The molecule has 7 heteroatoms. The summed E-state index contributed by atoms with van der Waals surface area (Å²) in [5, 5.41) is 5.55. The van der Waals surface area contributed by atoms with Crippen LogP contribution in [0.25, 0.3) is 0 Å². The normalized spacial score (nSPS) is 20.7. The number of ether oxygens (including phenoxy) is 2. The van der Waals surface area contributed by atoms with Gasteiger partial charge in [-0.05, 0) is 5.56 Å². The second-order valence-corrected chi connectivity index (χ2v) is 5.42. The zero-order chi connectivity index (χ0) is 16.4. The predicted molar refractivity (Wildman–Crippen MR) is 82.3 cm³/mol. The molecule has 0 spiro atoms. The van der Waals surface area contributed by atoms with Gasteiger partial charge < -0.3 is 25.0 Å². The number of rotatable bonds is 5. The molecular formula is C16H19N3O4. The summed E-state index contributed by atoms with van der Waals surface area (Å²) < 4.78 is 10.3. The largest absolute Gasteiger partial charge is 0.354 e. The summed E-state index contributed by atoms with van der Waals surface area (Å²) in [4.78, 5) is 26.3. The summed E-state index contributed by atoms with van der Waals surface area (Å²) in [6.45, 7) is 0.643. The fourth-order valence-corrected chi connectivity index (χ4v) is 2.90. The maximum atomic E-state index is 12.8. The second-order valence-electron chi connectivity index (χ2n) is 5.42. The van der Waals surface area contributed by atoms with Gasteiger partial charge in [-0.25, -0.2) is 4.79 Å². The molecule has 0 saturated heterocycles. The average molecular weight is 317 g/mol. The monoisotopic (exact) mass is 317 g/mol. The minimum atomic E-state index is -0.501. The fourth-order valence-electron chi connectivity index (χ4n) is 2.90. The van der Waals surface area contributed by atoms with E-state index in [1.807, 2.05) is 30.3 Å². The predicted octanol–water partition coefficient (Wildman–Crippen LogP) is 0.756. The molecule has 1 aromatic rings. The highest BCUT2D eigenvalue weighted by Gasteiger charge is 2.40. The lowest BCUT2D eigenvalue weighted by Gasteiger charge is -2.25. The van der Waals surface area contributed by atoms with E-state index < -0.39 is 12.3 Å². The van der Waals surface area contributed by atoms with E-state index in [-0.39, 0.29) is 11.9 Å². The number of carbonyl (C=O) groups is 2. The number of hydrogen-bond acceptors (Lipinski definition) is 4. The Kier molecular flexibility index (Phi) is 4.31. The van der Waals surface area contributed by atoms with E-state index in [1.165, 1.54) is 14.2 Å². The van der Waals surface area contributed by atoms with Crippen molar-refractivity contribution in [2.75, 3.05) is 27.3 Å². The number of carbonyl (C=O) groups excluding carboxylic acids is 2. The number of nitrogens with one attached hydrogen (secondary N) is 2. The molecule has 3 rings (SSSR count). The molecule has 2 N–H and O–H groups in total. The van der Waals surface area contributed by atoms with Crippen molar-refractivity contribution < 1.29 is 19.1 Å². The molecule has 2 heterocycles. The smallest absolute Gasteiger partial charge is 0.319 e. The molecular weight excluding hydrogens is 298 g/mol. The summed E-state index contributed by atoms with van der Waals surface area (Å²) in [5.41, 5.74) is 2.08. The quantitative estimate of drug-likeness (QED) is 0.786. The highest BCUT2D eigenvalue weighted by atomic mass is 16.7. The number of hydrogen-bond donors (Lipinski definition) is 2. The average Bonchev–Trinajstić information content (AvgIpc) is 2.88. The molecule has 0 fully saturated rings. The van der Waals surface area contributed by atoms with Gasteiger partial charge in [0.2, 0.25) is 0 Å². The standard InChI is InChI=1S/C16H19N3O4/c1-22-12(23-2)9-19-8-11-13(15(19)20)14(18-16(21)17-11)10-6-4-3-5-7-10/h3-7,12,14H,8-9H2,1-2H3,(H2,17,18,21)/t14-/m0/s1. The Morgan fingerprint density at radius 2 is 1.91 bits per heavy atom. The number of nitrogens with zero attached hydrogens (tertiary/aromatic N) is 1. The number of amides is 3. The zero-order valence-corrected chi connectivity index (χ0v) is 13.0. The molecule has 1 aromatic carbocycles. The molecule has 23 heavy (non-hydrogen) atoms. The van der Waals surface area contributed by atoms with E-state index in [9.17, 15) is 9.59 Å². The number of urea groups is 1. The molecule has 0 unspecified atom stereocenters. The first-order chi connectivity index (χ1) is 11.1. The van der Waals surface area contributed by atoms with Crippen molar-refractivity contribution in [1.29, 1.82) is 0 Å². The Balaban J connectivity index is 1.87. The third-order valence-corrected chi connectivity index (χ3v) is 4.05. The van der Waals surface area contributed by atoms with Crippen LogP contribution in [0.2, 0.25) is 0 Å². The minimum Gasteiger partial charge on any atom is -0.354 e. The van der Waals surface area contributed by atoms with Crippen LogP contribution in [0.4, 0.5) is 4.79 Å². The van der Waals surface area contributed by atoms with E-state index in [0.29, 0.717) is 24.4 Å². The van der Waals surface area contributed by atoms with Crippen LogP contribution in [0.1, 0.15) is 11.6 Å². The third kappa shape index (κ3) is 2.93. The first kappa shape index (κ1) is 15.5.